The van der Waals surface area contributed by atoms with Crippen LogP contribution in [0, 0.1) is 0 Å². The van der Waals surface area contributed by atoms with Crippen LogP contribution in [0.2, 0.25) is 0 Å². The Hall–Kier alpha value is -1.12. The summed E-state index contributed by atoms with van der Waals surface area (Å²) in [6.45, 7) is 0.622. The highest BCUT2D eigenvalue weighted by Gasteiger charge is 2.20. The van der Waals surface area contributed by atoms with Crippen molar-refractivity contribution in [2.75, 3.05) is 18.9 Å². The molecule has 2 rings (SSSR count). The van der Waals surface area contributed by atoms with Crippen LogP contribution in [0.4, 0.5) is 5.82 Å². The van der Waals surface area contributed by atoms with Crippen LogP contribution in [-0.2, 0) is 21.8 Å². The first kappa shape index (κ1) is 15.3. The fourth-order valence-corrected chi connectivity index (χ4v) is 3.52. The van der Waals surface area contributed by atoms with Gasteiger partial charge in [0.15, 0.2) is 5.82 Å². The minimum Gasteiger partial charge on any atom is -0.381 e. The molecule has 0 spiro atoms. The van der Waals surface area contributed by atoms with Crippen molar-refractivity contribution >= 4 is 15.8 Å². The Kier molecular flexibility index (Phi) is 5.00. The van der Waals surface area contributed by atoms with E-state index >= 15 is 0 Å². The number of nitrogens with zero attached hydrogens (tertiary/aromatic N) is 2. The Bertz CT molecular complexity index is 535. The second kappa shape index (κ2) is 6.55. The number of nitrogens with one attached hydrogen (secondary N) is 1. The lowest BCUT2D eigenvalue weighted by Crippen LogP contribution is -2.29. The highest BCUT2D eigenvalue weighted by atomic mass is 32.2. The zero-order chi connectivity index (χ0) is 14.6. The summed E-state index contributed by atoms with van der Waals surface area (Å²) in [4.78, 5) is 0.0117. The normalized spacial score (nSPS) is 17.4. The van der Waals surface area contributed by atoms with Gasteiger partial charge in [0.1, 0.15) is 4.90 Å². The Morgan fingerprint density at radius 2 is 2.15 bits per heavy atom. The molecule has 0 bridgehead atoms. The number of rotatable bonds is 6. The molecule has 0 atom stereocenters. The van der Waals surface area contributed by atoms with E-state index in [-0.39, 0.29) is 23.4 Å². The van der Waals surface area contributed by atoms with E-state index in [4.69, 9.17) is 10.5 Å². The highest BCUT2D eigenvalue weighted by molar-refractivity contribution is 7.89. The Balaban J connectivity index is 1.79. The molecule has 1 aromatic heterocycles. The molecule has 0 aromatic carbocycles. The molecular formula is C12H22N4O3S. The zero-order valence-electron chi connectivity index (χ0n) is 11.7. The van der Waals surface area contributed by atoms with Gasteiger partial charge < -0.3 is 10.5 Å². The van der Waals surface area contributed by atoms with Crippen LogP contribution in [0.1, 0.15) is 32.1 Å². The summed E-state index contributed by atoms with van der Waals surface area (Å²) in [5.74, 6) is 0.00759. The third-order valence-electron chi connectivity index (χ3n) is 3.41. The van der Waals surface area contributed by atoms with Gasteiger partial charge in [-0.25, -0.2) is 13.1 Å². The van der Waals surface area contributed by atoms with Crippen molar-refractivity contribution in [2.45, 2.75) is 43.1 Å². The molecule has 7 nitrogen and oxygen atoms in total. The predicted molar refractivity (Wildman–Crippen MR) is 75.6 cm³/mol. The quantitative estimate of drug-likeness (QED) is 0.751. The van der Waals surface area contributed by atoms with Gasteiger partial charge in [-0.05, 0) is 12.8 Å². The molecule has 0 saturated heterocycles. The second-order valence-corrected chi connectivity index (χ2v) is 6.82. The van der Waals surface area contributed by atoms with E-state index in [1.807, 2.05) is 0 Å². The van der Waals surface area contributed by atoms with Gasteiger partial charge in [-0.2, -0.15) is 5.10 Å². The van der Waals surface area contributed by atoms with Gasteiger partial charge in [0.05, 0.1) is 12.7 Å². The maximum atomic E-state index is 12.0. The molecule has 1 aliphatic rings. The molecular weight excluding hydrogens is 280 g/mol. The molecule has 1 heterocycles. The molecule has 114 valence electrons. The maximum Gasteiger partial charge on any atom is 0.245 e. The molecule has 8 heteroatoms. The van der Waals surface area contributed by atoms with Crippen LogP contribution in [0.5, 0.6) is 0 Å². The van der Waals surface area contributed by atoms with Crippen LogP contribution >= 0.6 is 0 Å². The first-order valence-electron chi connectivity index (χ1n) is 6.89. The lowest BCUT2D eigenvalue weighted by atomic mass is 9.98. The predicted octanol–water partition coefficient (Wildman–Crippen LogP) is 0.630. The fraction of sp³-hybridized carbons (Fsp3) is 0.750. The van der Waals surface area contributed by atoms with Gasteiger partial charge >= 0.3 is 0 Å². The van der Waals surface area contributed by atoms with Crippen LogP contribution in [0.15, 0.2) is 11.1 Å². The van der Waals surface area contributed by atoms with Crippen LogP contribution in [0.3, 0.4) is 0 Å². The average molecular weight is 302 g/mol. The summed E-state index contributed by atoms with van der Waals surface area (Å²) in [6, 6.07) is 0. The summed E-state index contributed by atoms with van der Waals surface area (Å²) >= 11 is 0. The smallest absolute Gasteiger partial charge is 0.245 e. The fourth-order valence-electron chi connectivity index (χ4n) is 2.40. The van der Waals surface area contributed by atoms with Crippen molar-refractivity contribution in [3.05, 3.63) is 6.20 Å². The van der Waals surface area contributed by atoms with Crippen molar-refractivity contribution in [1.29, 1.82) is 0 Å². The first-order chi connectivity index (χ1) is 9.49. The number of aryl methyl sites for hydroxylation is 1. The van der Waals surface area contributed by atoms with Gasteiger partial charge in [0.25, 0.3) is 0 Å². The summed E-state index contributed by atoms with van der Waals surface area (Å²) < 4.78 is 33.6. The number of sulfonamides is 1. The zero-order valence-corrected chi connectivity index (χ0v) is 12.5. The summed E-state index contributed by atoms with van der Waals surface area (Å²) in [5.41, 5.74) is 5.57. The largest absolute Gasteiger partial charge is 0.381 e. The van der Waals surface area contributed by atoms with Gasteiger partial charge in [0, 0.05) is 19.8 Å². The molecule has 1 saturated carbocycles. The van der Waals surface area contributed by atoms with Crippen molar-refractivity contribution in [1.82, 2.24) is 14.5 Å². The van der Waals surface area contributed by atoms with E-state index in [0.29, 0.717) is 6.61 Å². The number of nitrogen functional groups attached to an aromatic ring is 1. The van der Waals surface area contributed by atoms with Crippen molar-refractivity contribution in [3.63, 3.8) is 0 Å². The molecule has 0 unspecified atom stereocenters. The van der Waals surface area contributed by atoms with Gasteiger partial charge in [-0.1, -0.05) is 19.3 Å². The number of ether oxygens (including phenoxy) is 1. The average Bonchev–Trinajstić information content (AvgIpc) is 2.76. The van der Waals surface area contributed by atoms with Crippen molar-refractivity contribution < 1.29 is 13.2 Å². The van der Waals surface area contributed by atoms with Gasteiger partial charge in [-0.3, -0.25) is 4.68 Å². The number of aromatic nitrogens is 2. The minimum atomic E-state index is -3.61. The lowest BCUT2D eigenvalue weighted by molar-refractivity contribution is 0.0321. The molecule has 1 aromatic rings. The van der Waals surface area contributed by atoms with Gasteiger partial charge in [-0.15, -0.1) is 0 Å². The Labute approximate surface area is 119 Å². The van der Waals surface area contributed by atoms with Crippen LogP contribution in [0.25, 0.3) is 0 Å². The number of hydrogen-bond donors (Lipinski definition) is 2. The molecule has 1 fully saturated rings. The standard InChI is InChI=1S/C12H22N4O3S/c1-16-9-11(12(13)15-16)20(17,18)14-7-8-19-10-5-3-2-4-6-10/h9-10,14H,2-8H2,1H3,(H2,13,15). The van der Waals surface area contributed by atoms with Crippen LogP contribution in [-0.4, -0.2) is 37.5 Å². The third-order valence-corrected chi connectivity index (χ3v) is 4.89. The van der Waals surface area contributed by atoms with E-state index in [1.165, 1.54) is 30.1 Å². The molecule has 0 radical (unpaired) electrons. The Morgan fingerprint density at radius 3 is 2.75 bits per heavy atom. The molecule has 3 N–H and O–H groups in total. The van der Waals surface area contributed by atoms with E-state index in [9.17, 15) is 8.42 Å². The third kappa shape index (κ3) is 3.94. The molecule has 0 amide bonds. The number of hydrogen-bond acceptors (Lipinski definition) is 5. The van der Waals surface area contributed by atoms with Crippen molar-refractivity contribution in [2.24, 2.45) is 7.05 Å². The lowest BCUT2D eigenvalue weighted by Gasteiger charge is -2.21. The maximum absolute atomic E-state index is 12.0. The summed E-state index contributed by atoms with van der Waals surface area (Å²) in [5, 5.41) is 3.82. The number of nitrogens with two attached hydrogens (primary N) is 1. The second-order valence-electron chi connectivity index (χ2n) is 5.08. The van der Waals surface area contributed by atoms with E-state index in [0.717, 1.165) is 12.8 Å². The van der Waals surface area contributed by atoms with Gasteiger partial charge in [0.2, 0.25) is 10.0 Å². The molecule has 0 aliphatic heterocycles. The first-order valence-corrected chi connectivity index (χ1v) is 8.38. The Morgan fingerprint density at radius 1 is 1.45 bits per heavy atom. The minimum absolute atomic E-state index is 0.00759. The van der Waals surface area contributed by atoms with E-state index in [1.54, 1.807) is 7.05 Å². The van der Waals surface area contributed by atoms with E-state index < -0.39 is 10.0 Å². The van der Waals surface area contributed by atoms with Crippen LogP contribution < -0.4 is 10.5 Å². The SMILES string of the molecule is Cn1cc(S(=O)(=O)NCCOC2CCCCC2)c(N)n1. The van der Waals surface area contributed by atoms with E-state index in [2.05, 4.69) is 9.82 Å². The summed E-state index contributed by atoms with van der Waals surface area (Å²) in [6.07, 6.45) is 7.47. The topological polar surface area (TPSA) is 99.2 Å². The van der Waals surface area contributed by atoms with Crippen molar-refractivity contribution in [3.8, 4) is 0 Å². The molecule has 1 aliphatic carbocycles. The monoisotopic (exact) mass is 302 g/mol. The highest BCUT2D eigenvalue weighted by Crippen LogP contribution is 2.20. The number of anilines is 1. The summed E-state index contributed by atoms with van der Waals surface area (Å²) in [7, 11) is -1.98. The molecule has 20 heavy (non-hydrogen) atoms.